The summed E-state index contributed by atoms with van der Waals surface area (Å²) < 4.78 is 6.25. The highest BCUT2D eigenvalue weighted by atomic mass is 35.5. The third-order valence-electron chi connectivity index (χ3n) is 12.4. The van der Waals surface area contributed by atoms with E-state index in [0.717, 1.165) is 111 Å². The number of piperazine rings is 2. The van der Waals surface area contributed by atoms with E-state index in [1.807, 2.05) is 65.4 Å². The Balaban J connectivity index is 0.713. The summed E-state index contributed by atoms with van der Waals surface area (Å²) in [5.74, 6) is 1.89. The number of benzene rings is 2. The van der Waals surface area contributed by atoms with Crippen LogP contribution in [0.5, 0.6) is 5.75 Å². The van der Waals surface area contributed by atoms with Crippen molar-refractivity contribution in [2.75, 3.05) is 93.2 Å². The molecule has 4 aliphatic rings. The molecule has 61 heavy (non-hydrogen) atoms. The number of nitrogens with one attached hydrogen (secondary N) is 2. The molecule has 5 aromatic rings. The minimum Gasteiger partial charge on any atom is -0.486 e. The summed E-state index contributed by atoms with van der Waals surface area (Å²) in [4.78, 5) is 59.0. The lowest BCUT2D eigenvalue weighted by Crippen LogP contribution is -2.55. The molecule has 5 amide bonds. The largest absolute Gasteiger partial charge is 0.486 e. The maximum absolute atomic E-state index is 13.6. The second kappa shape index (κ2) is 17.8. The Kier molecular flexibility index (Phi) is 11.9. The van der Waals surface area contributed by atoms with Gasteiger partial charge in [-0.3, -0.25) is 30.0 Å². The Morgan fingerprint density at radius 1 is 0.803 bits per heavy atom. The van der Waals surface area contributed by atoms with E-state index in [-0.39, 0.29) is 18.0 Å². The van der Waals surface area contributed by atoms with Gasteiger partial charge in [0.25, 0.3) is 0 Å². The van der Waals surface area contributed by atoms with Crippen molar-refractivity contribution in [3.63, 3.8) is 0 Å². The first kappa shape index (κ1) is 40.7. The molecule has 0 radical (unpaired) electrons. The fraction of sp³-hybridized carbons (Fsp3) is 0.409. The number of aromatic nitrogens is 4. The van der Waals surface area contributed by atoms with Crippen LogP contribution >= 0.6 is 23.2 Å². The van der Waals surface area contributed by atoms with Crippen LogP contribution in [-0.4, -0.2) is 131 Å². The van der Waals surface area contributed by atoms with Crippen molar-refractivity contribution < 1.29 is 19.1 Å². The van der Waals surface area contributed by atoms with E-state index in [4.69, 9.17) is 32.9 Å². The number of carbonyl (C=O) groups excluding carboxylic acids is 3. The highest BCUT2D eigenvalue weighted by Gasteiger charge is 2.31. The Morgan fingerprint density at radius 2 is 1.49 bits per heavy atom. The Hall–Kier alpha value is -5.64. The summed E-state index contributed by atoms with van der Waals surface area (Å²) in [5, 5.41) is 11.9. The number of ether oxygens (including phenoxy) is 1. The first-order valence-corrected chi connectivity index (χ1v) is 21.8. The summed E-state index contributed by atoms with van der Waals surface area (Å²) in [7, 11) is 0. The van der Waals surface area contributed by atoms with E-state index in [1.165, 1.54) is 0 Å². The number of hydrogen-bond acceptors (Lipinski definition) is 10. The molecule has 4 saturated heterocycles. The molecule has 0 aliphatic carbocycles. The number of nitrogens with zero attached hydrogens (tertiary/aromatic N) is 9. The first-order valence-electron chi connectivity index (χ1n) is 21.0. The van der Waals surface area contributed by atoms with Gasteiger partial charge in [0.15, 0.2) is 0 Å². The van der Waals surface area contributed by atoms with Gasteiger partial charge in [0, 0.05) is 131 Å². The van der Waals surface area contributed by atoms with Crippen LogP contribution in [0, 0.1) is 5.92 Å². The van der Waals surface area contributed by atoms with Gasteiger partial charge >= 0.3 is 12.1 Å². The second-order valence-electron chi connectivity index (χ2n) is 16.2. The molecule has 0 bridgehead atoms. The number of aromatic amines is 1. The summed E-state index contributed by atoms with van der Waals surface area (Å²) in [6.45, 7) is 11.6. The van der Waals surface area contributed by atoms with E-state index in [2.05, 4.69) is 47.3 Å². The molecule has 4 aliphatic heterocycles. The van der Waals surface area contributed by atoms with Gasteiger partial charge in [0.05, 0.1) is 15.6 Å². The van der Waals surface area contributed by atoms with E-state index in [9.17, 15) is 14.4 Å². The summed E-state index contributed by atoms with van der Waals surface area (Å²) in [6, 6.07) is 17.7. The number of rotatable bonds is 9. The van der Waals surface area contributed by atoms with Crippen molar-refractivity contribution in [2.24, 2.45) is 5.92 Å². The zero-order valence-electron chi connectivity index (χ0n) is 34.1. The van der Waals surface area contributed by atoms with E-state index >= 15 is 0 Å². The van der Waals surface area contributed by atoms with Gasteiger partial charge in [-0.2, -0.15) is 5.10 Å². The predicted octanol–water partition coefficient (Wildman–Crippen LogP) is 6.69. The lowest BCUT2D eigenvalue weighted by molar-refractivity contribution is -0.120. The topological polar surface area (TPSA) is 146 Å². The highest BCUT2D eigenvalue weighted by Crippen LogP contribution is 2.35. The molecule has 17 heteroatoms. The quantitative estimate of drug-likeness (QED) is 0.164. The van der Waals surface area contributed by atoms with Crippen molar-refractivity contribution in [3.05, 3.63) is 88.8 Å². The third kappa shape index (κ3) is 8.91. The van der Waals surface area contributed by atoms with Crippen LogP contribution in [0.3, 0.4) is 0 Å². The third-order valence-corrected chi connectivity index (χ3v) is 13.0. The number of imide groups is 1. The molecular formula is C44H49Cl2N11O4. The molecular weight excluding hydrogens is 817 g/mol. The number of likely N-dealkylation sites (tertiary alicyclic amines) is 1. The molecule has 318 valence electrons. The van der Waals surface area contributed by atoms with Gasteiger partial charge in [-0.25, -0.2) is 14.6 Å². The van der Waals surface area contributed by atoms with Crippen LogP contribution in [-0.2, 0) is 4.79 Å². The average molecular weight is 867 g/mol. The van der Waals surface area contributed by atoms with Gasteiger partial charge in [-0.15, -0.1) is 0 Å². The molecule has 4 fully saturated rings. The molecule has 0 unspecified atom stereocenters. The molecule has 1 atom stereocenters. The van der Waals surface area contributed by atoms with Crippen LogP contribution in [0.2, 0.25) is 10.0 Å². The van der Waals surface area contributed by atoms with Crippen LogP contribution in [0.1, 0.15) is 37.9 Å². The number of H-pyrrole nitrogens is 1. The lowest BCUT2D eigenvalue weighted by Gasteiger charge is -2.41. The zero-order chi connectivity index (χ0) is 42.0. The highest BCUT2D eigenvalue weighted by molar-refractivity contribution is 6.35. The summed E-state index contributed by atoms with van der Waals surface area (Å²) in [6.07, 6.45) is 6.93. The summed E-state index contributed by atoms with van der Waals surface area (Å²) in [5.41, 5.74) is 5.17. The SMILES string of the molecule is C[C@@H](Oc1ccc2[nH]nc(-c3ccc(N4CCN(C(=O)N5CCC(CN6CCN(c7ccc(N8CCC(=O)NC8=O)cc7)CC6)CC5)CC4)nc3)c2c1)c1c(Cl)cncc1Cl. The first-order chi connectivity index (χ1) is 29.7. The van der Waals surface area contributed by atoms with Crippen molar-refractivity contribution in [1.29, 1.82) is 0 Å². The van der Waals surface area contributed by atoms with Crippen molar-refractivity contribution in [2.45, 2.75) is 32.3 Å². The van der Waals surface area contributed by atoms with E-state index < -0.39 is 6.10 Å². The Bertz CT molecular complexity index is 2350. The lowest BCUT2D eigenvalue weighted by atomic mass is 9.96. The minimum absolute atomic E-state index is 0.144. The fourth-order valence-electron chi connectivity index (χ4n) is 8.91. The van der Waals surface area contributed by atoms with Gasteiger partial charge in [0.2, 0.25) is 5.91 Å². The van der Waals surface area contributed by atoms with Gasteiger partial charge < -0.3 is 24.3 Å². The van der Waals surface area contributed by atoms with Gasteiger partial charge in [-0.05, 0) is 80.3 Å². The van der Waals surface area contributed by atoms with Crippen molar-refractivity contribution in [3.8, 4) is 17.0 Å². The molecule has 2 aromatic carbocycles. The molecule has 9 rings (SSSR count). The van der Waals surface area contributed by atoms with Crippen LogP contribution < -0.4 is 24.8 Å². The number of fused-ring (bicyclic) bond motifs is 1. The number of carbonyl (C=O) groups is 3. The van der Waals surface area contributed by atoms with Crippen LogP contribution in [0.4, 0.5) is 26.8 Å². The van der Waals surface area contributed by atoms with Crippen molar-refractivity contribution >= 4 is 69.3 Å². The number of halogens is 2. The van der Waals surface area contributed by atoms with Gasteiger partial charge in [-0.1, -0.05) is 23.2 Å². The predicted molar refractivity (Wildman–Crippen MR) is 237 cm³/mol. The van der Waals surface area contributed by atoms with Crippen molar-refractivity contribution in [1.82, 2.24) is 40.2 Å². The molecule has 0 spiro atoms. The molecule has 3 aromatic heterocycles. The Morgan fingerprint density at radius 3 is 2.18 bits per heavy atom. The Labute approximate surface area is 364 Å². The normalized spacial score (nSPS) is 18.8. The minimum atomic E-state index is -0.391. The van der Waals surface area contributed by atoms with Crippen LogP contribution in [0.15, 0.2) is 73.2 Å². The number of amides is 5. The standard InChI is InChI=1S/C44H49Cl2N11O4/c1-29(41-36(45)26-47-27-37(41)46)61-34-7-8-38-35(24-34)42(51-50-38)31-2-9-39(48-25-31)54-20-22-56(23-21-54)44(60)55-13-10-30(11-14-55)28-52-16-18-53(19-17-52)32-3-5-33(6-4-32)57-15-12-40(58)49-43(57)59/h2-9,24-27,29-30H,10-23,28H2,1H3,(H,50,51)(H,49,58,59)/t29-/m1/s1. The molecule has 0 saturated carbocycles. The molecule has 15 nitrogen and oxygen atoms in total. The number of urea groups is 2. The van der Waals surface area contributed by atoms with E-state index in [1.54, 1.807) is 17.3 Å². The van der Waals surface area contributed by atoms with Gasteiger partial charge in [0.1, 0.15) is 23.4 Å². The number of anilines is 3. The smallest absolute Gasteiger partial charge is 0.328 e. The number of hydrogen-bond donors (Lipinski definition) is 2. The second-order valence-corrected chi connectivity index (χ2v) is 17.0. The summed E-state index contributed by atoms with van der Waals surface area (Å²) >= 11 is 12.7. The maximum Gasteiger partial charge on any atom is 0.328 e. The molecule has 7 heterocycles. The fourth-order valence-corrected chi connectivity index (χ4v) is 9.59. The molecule has 2 N–H and O–H groups in total. The van der Waals surface area contributed by atoms with E-state index in [0.29, 0.717) is 53.3 Å². The monoisotopic (exact) mass is 865 g/mol. The number of pyridine rings is 2. The maximum atomic E-state index is 13.6. The van der Waals surface area contributed by atoms with Crippen LogP contribution in [0.25, 0.3) is 22.2 Å². The number of piperidine rings is 1. The zero-order valence-corrected chi connectivity index (χ0v) is 35.6. The average Bonchev–Trinajstić information content (AvgIpc) is 3.70.